The van der Waals surface area contributed by atoms with Crippen molar-refractivity contribution in [2.45, 2.75) is 39.5 Å². The molecule has 0 atom stereocenters. The molecule has 0 aliphatic heterocycles. The molecule has 0 bridgehead atoms. The Morgan fingerprint density at radius 3 is 2.13 bits per heavy atom. The number of hydrogen-bond acceptors (Lipinski definition) is 1. The molecule has 1 rings (SSSR count). The summed E-state index contributed by atoms with van der Waals surface area (Å²) in [6.45, 7) is 6.66. The van der Waals surface area contributed by atoms with E-state index in [1.165, 1.54) is 35.5 Å². The Morgan fingerprint density at radius 1 is 1.20 bits per heavy atom. The minimum absolute atomic E-state index is 0.729. The van der Waals surface area contributed by atoms with Gasteiger partial charge in [-0.3, -0.25) is 0 Å². The summed E-state index contributed by atoms with van der Waals surface area (Å²) in [5.74, 6) is 0.729. The predicted molar refractivity (Wildman–Crippen MR) is 72.3 cm³/mol. The van der Waals surface area contributed by atoms with Gasteiger partial charge in [0.15, 0.2) is 0 Å². The summed E-state index contributed by atoms with van der Waals surface area (Å²) in [7, 11) is 1.50. The average Bonchev–Trinajstić information content (AvgIpc) is 2.28. The third kappa shape index (κ3) is 4.35. The first kappa shape index (κ1) is 14.7. The molecule has 0 unspecified atom stereocenters. The first-order valence-corrected chi connectivity index (χ1v) is 6.32. The number of halogens is 1. The molecule has 0 saturated heterocycles. The lowest BCUT2D eigenvalue weighted by atomic mass is 9.93. The number of nitrogens with two attached hydrogens (primary N) is 1. The van der Waals surface area contributed by atoms with E-state index in [4.69, 9.17) is 0 Å². The van der Waals surface area contributed by atoms with E-state index in [0.29, 0.717) is 0 Å². The minimum Gasteiger partial charge on any atom is -0.333 e. The standard InChI is InChI=1S/C12H17Br.CH5N/c1-4-10(5-2)11-6-7-12(13)9(3)8-11;1-2/h6-8,10H,4-5H2,1-3H3;2H2,1H3. The van der Waals surface area contributed by atoms with E-state index in [9.17, 15) is 0 Å². The molecule has 0 aliphatic carbocycles. The molecule has 0 radical (unpaired) electrons. The highest BCUT2D eigenvalue weighted by Crippen LogP contribution is 2.26. The van der Waals surface area contributed by atoms with Gasteiger partial charge in [0.25, 0.3) is 0 Å². The summed E-state index contributed by atoms with van der Waals surface area (Å²) < 4.78 is 1.21. The Kier molecular flexibility index (Phi) is 7.71. The van der Waals surface area contributed by atoms with Crippen LogP contribution < -0.4 is 5.73 Å². The summed E-state index contributed by atoms with van der Waals surface area (Å²) in [6.07, 6.45) is 2.47. The van der Waals surface area contributed by atoms with Gasteiger partial charge in [0.05, 0.1) is 0 Å². The highest BCUT2D eigenvalue weighted by molar-refractivity contribution is 9.10. The number of aryl methyl sites for hydroxylation is 1. The van der Waals surface area contributed by atoms with Crippen LogP contribution in [0, 0.1) is 6.92 Å². The van der Waals surface area contributed by atoms with Crippen molar-refractivity contribution < 1.29 is 0 Å². The van der Waals surface area contributed by atoms with Gasteiger partial charge in [-0.1, -0.05) is 41.9 Å². The highest BCUT2D eigenvalue weighted by Gasteiger charge is 2.07. The van der Waals surface area contributed by atoms with Crippen LogP contribution in [-0.2, 0) is 0 Å². The van der Waals surface area contributed by atoms with E-state index < -0.39 is 0 Å². The lowest BCUT2D eigenvalue weighted by molar-refractivity contribution is 0.641. The van der Waals surface area contributed by atoms with E-state index in [1.807, 2.05) is 0 Å². The van der Waals surface area contributed by atoms with Crippen molar-refractivity contribution in [1.82, 2.24) is 0 Å². The van der Waals surface area contributed by atoms with Crippen LogP contribution in [0.4, 0.5) is 0 Å². The maximum Gasteiger partial charge on any atom is 0.0204 e. The maximum absolute atomic E-state index is 4.50. The number of benzene rings is 1. The number of rotatable bonds is 3. The van der Waals surface area contributed by atoms with Crippen LogP contribution in [0.15, 0.2) is 22.7 Å². The molecule has 0 aliphatic rings. The Bertz CT molecular complexity index is 280. The summed E-state index contributed by atoms with van der Waals surface area (Å²) in [5.41, 5.74) is 7.31. The summed E-state index contributed by atoms with van der Waals surface area (Å²) in [4.78, 5) is 0. The molecular formula is C13H22BrN. The second-order valence-corrected chi connectivity index (χ2v) is 4.38. The van der Waals surface area contributed by atoms with Gasteiger partial charge in [-0.25, -0.2) is 0 Å². The average molecular weight is 272 g/mol. The third-order valence-electron chi connectivity index (χ3n) is 2.64. The normalized spacial score (nSPS) is 9.80. The molecular weight excluding hydrogens is 250 g/mol. The van der Waals surface area contributed by atoms with Gasteiger partial charge in [0.2, 0.25) is 0 Å². The Morgan fingerprint density at radius 2 is 1.73 bits per heavy atom. The van der Waals surface area contributed by atoms with Crippen LogP contribution in [0.1, 0.15) is 43.7 Å². The second kappa shape index (κ2) is 7.89. The molecule has 15 heavy (non-hydrogen) atoms. The molecule has 1 nitrogen and oxygen atoms in total. The van der Waals surface area contributed by atoms with Gasteiger partial charge >= 0.3 is 0 Å². The lowest BCUT2D eigenvalue weighted by Gasteiger charge is -2.13. The van der Waals surface area contributed by atoms with Gasteiger partial charge < -0.3 is 5.73 Å². The van der Waals surface area contributed by atoms with Crippen molar-refractivity contribution in [2.75, 3.05) is 7.05 Å². The zero-order valence-electron chi connectivity index (χ0n) is 10.2. The monoisotopic (exact) mass is 271 g/mol. The van der Waals surface area contributed by atoms with Crippen molar-refractivity contribution in [1.29, 1.82) is 0 Å². The van der Waals surface area contributed by atoms with Crippen molar-refractivity contribution in [3.05, 3.63) is 33.8 Å². The fourth-order valence-corrected chi connectivity index (χ4v) is 1.93. The van der Waals surface area contributed by atoms with Gasteiger partial charge in [-0.15, -0.1) is 0 Å². The van der Waals surface area contributed by atoms with E-state index in [2.05, 4.69) is 60.6 Å². The first-order chi connectivity index (χ1) is 7.19. The zero-order chi connectivity index (χ0) is 11.8. The molecule has 0 amide bonds. The second-order valence-electron chi connectivity index (χ2n) is 3.52. The van der Waals surface area contributed by atoms with E-state index >= 15 is 0 Å². The first-order valence-electron chi connectivity index (χ1n) is 5.52. The SMILES string of the molecule is CCC(CC)c1ccc(Br)c(C)c1.CN. The Balaban J connectivity index is 0.000000921. The minimum atomic E-state index is 0.729. The van der Waals surface area contributed by atoms with Gasteiger partial charge in [0.1, 0.15) is 0 Å². The van der Waals surface area contributed by atoms with Crippen LogP contribution >= 0.6 is 15.9 Å². The topological polar surface area (TPSA) is 26.0 Å². The highest BCUT2D eigenvalue weighted by atomic mass is 79.9. The van der Waals surface area contributed by atoms with Crippen molar-refractivity contribution in [3.63, 3.8) is 0 Å². The van der Waals surface area contributed by atoms with Crippen LogP contribution in [0.2, 0.25) is 0 Å². The predicted octanol–water partition coefficient (Wildman–Crippen LogP) is 4.24. The molecule has 2 heteroatoms. The van der Waals surface area contributed by atoms with E-state index in [-0.39, 0.29) is 0 Å². The van der Waals surface area contributed by atoms with E-state index in [0.717, 1.165) is 5.92 Å². The van der Waals surface area contributed by atoms with Gasteiger partial charge in [-0.2, -0.15) is 0 Å². The van der Waals surface area contributed by atoms with Crippen LogP contribution in [0.3, 0.4) is 0 Å². The fourth-order valence-electron chi connectivity index (χ4n) is 1.68. The number of hydrogen-bond donors (Lipinski definition) is 1. The van der Waals surface area contributed by atoms with Crippen molar-refractivity contribution in [3.8, 4) is 0 Å². The molecule has 0 heterocycles. The fraction of sp³-hybridized carbons (Fsp3) is 0.538. The lowest BCUT2D eigenvalue weighted by Crippen LogP contribution is -1.95. The molecule has 0 aromatic heterocycles. The Hall–Kier alpha value is -0.340. The largest absolute Gasteiger partial charge is 0.333 e. The molecule has 2 N–H and O–H groups in total. The Labute approximate surface area is 102 Å². The van der Waals surface area contributed by atoms with Crippen molar-refractivity contribution >= 4 is 15.9 Å². The molecule has 1 aromatic carbocycles. The van der Waals surface area contributed by atoms with Crippen LogP contribution in [-0.4, -0.2) is 7.05 Å². The molecule has 1 aromatic rings. The zero-order valence-corrected chi connectivity index (χ0v) is 11.8. The van der Waals surface area contributed by atoms with Crippen LogP contribution in [0.5, 0.6) is 0 Å². The van der Waals surface area contributed by atoms with Crippen LogP contribution in [0.25, 0.3) is 0 Å². The summed E-state index contributed by atoms with van der Waals surface area (Å²) in [5, 5.41) is 0. The molecule has 0 spiro atoms. The quantitative estimate of drug-likeness (QED) is 0.875. The molecule has 0 saturated carbocycles. The molecule has 0 fully saturated rings. The summed E-state index contributed by atoms with van der Waals surface area (Å²) in [6, 6.07) is 6.68. The third-order valence-corrected chi connectivity index (χ3v) is 3.53. The summed E-state index contributed by atoms with van der Waals surface area (Å²) >= 11 is 3.52. The maximum atomic E-state index is 4.50. The smallest absolute Gasteiger partial charge is 0.0204 e. The van der Waals surface area contributed by atoms with Gasteiger partial charge in [0, 0.05) is 4.47 Å². The van der Waals surface area contributed by atoms with Gasteiger partial charge in [-0.05, 0) is 49.9 Å². The van der Waals surface area contributed by atoms with E-state index in [1.54, 1.807) is 0 Å². The molecule has 86 valence electrons. The van der Waals surface area contributed by atoms with Crippen molar-refractivity contribution in [2.24, 2.45) is 5.73 Å².